The van der Waals surface area contributed by atoms with E-state index in [2.05, 4.69) is 18.8 Å². The van der Waals surface area contributed by atoms with E-state index in [1.54, 1.807) is 24.5 Å². The topological polar surface area (TPSA) is 42.4 Å². The third kappa shape index (κ3) is 6.76. The lowest BCUT2D eigenvalue weighted by Gasteiger charge is -2.23. The molecule has 0 radical (unpaired) electrons. The van der Waals surface area contributed by atoms with Gasteiger partial charge in [-0.15, -0.1) is 0 Å². The zero-order valence-corrected chi connectivity index (χ0v) is 20.0. The molecule has 0 aliphatic carbocycles. The largest absolute Gasteiger partial charge is 0.493 e. The average Bonchev–Trinajstić information content (AvgIpc) is 2.88. The second kappa shape index (κ2) is 11.4. The monoisotopic (exact) mass is 468 g/mol. The molecule has 0 fully saturated rings. The number of halogens is 1. The number of hydrogen-bond acceptors (Lipinski definition) is 3. The van der Waals surface area contributed by atoms with E-state index in [-0.39, 0.29) is 11.7 Å². The summed E-state index contributed by atoms with van der Waals surface area (Å²) in [5.74, 6) is 0.947. The highest BCUT2D eigenvalue weighted by atomic mass is 19.1. The molecule has 4 rings (SSSR count). The van der Waals surface area contributed by atoms with E-state index < -0.39 is 0 Å². The van der Waals surface area contributed by atoms with Crippen molar-refractivity contribution in [3.63, 3.8) is 0 Å². The van der Waals surface area contributed by atoms with Crippen molar-refractivity contribution in [3.8, 4) is 16.9 Å². The molecule has 0 aliphatic rings. The lowest BCUT2D eigenvalue weighted by Crippen LogP contribution is -2.30. The Bertz CT molecular complexity index is 1220. The number of benzene rings is 3. The number of carbonyl (C=O) groups is 1. The Balaban J connectivity index is 1.52. The van der Waals surface area contributed by atoms with Crippen molar-refractivity contribution in [2.24, 2.45) is 5.92 Å². The Kier molecular flexibility index (Phi) is 7.88. The van der Waals surface area contributed by atoms with Crippen LogP contribution in [0, 0.1) is 11.7 Å². The molecule has 0 unspecified atom stereocenters. The minimum Gasteiger partial charge on any atom is -0.493 e. The summed E-state index contributed by atoms with van der Waals surface area (Å²) in [6, 6.07) is 25.5. The van der Waals surface area contributed by atoms with Gasteiger partial charge in [0.2, 0.25) is 0 Å². The van der Waals surface area contributed by atoms with Crippen molar-refractivity contribution in [3.05, 3.63) is 120 Å². The molecule has 0 saturated carbocycles. The molecular weight excluding hydrogens is 439 g/mol. The van der Waals surface area contributed by atoms with Crippen molar-refractivity contribution >= 4 is 5.91 Å². The van der Waals surface area contributed by atoms with Crippen LogP contribution in [0.1, 0.15) is 35.3 Å². The van der Waals surface area contributed by atoms with Gasteiger partial charge in [0.05, 0.1) is 6.61 Å². The van der Waals surface area contributed by atoms with E-state index in [4.69, 9.17) is 4.74 Å². The maximum atomic E-state index is 13.5. The highest BCUT2D eigenvalue weighted by Crippen LogP contribution is 2.22. The average molecular weight is 469 g/mol. The lowest BCUT2D eigenvalue weighted by atomic mass is 10.0. The fourth-order valence-corrected chi connectivity index (χ4v) is 3.71. The first-order valence-corrected chi connectivity index (χ1v) is 11.7. The number of amides is 1. The van der Waals surface area contributed by atoms with E-state index in [1.165, 1.54) is 12.1 Å². The minimum absolute atomic E-state index is 0.0624. The quantitative estimate of drug-likeness (QED) is 0.272. The molecule has 4 aromatic rings. The van der Waals surface area contributed by atoms with E-state index in [1.807, 2.05) is 65.6 Å². The molecule has 0 aliphatic heterocycles. The molecule has 1 heterocycles. The van der Waals surface area contributed by atoms with E-state index in [0.717, 1.165) is 28.0 Å². The molecule has 178 valence electrons. The second-order valence-electron chi connectivity index (χ2n) is 8.95. The first kappa shape index (κ1) is 24.1. The predicted octanol–water partition coefficient (Wildman–Crippen LogP) is 6.77. The molecular formula is C30H29FN2O2. The molecule has 3 aromatic carbocycles. The van der Waals surface area contributed by atoms with E-state index in [9.17, 15) is 9.18 Å². The summed E-state index contributed by atoms with van der Waals surface area (Å²) < 4.78 is 19.0. The van der Waals surface area contributed by atoms with Crippen molar-refractivity contribution in [2.45, 2.75) is 26.9 Å². The van der Waals surface area contributed by atoms with Crippen LogP contribution in [0.2, 0.25) is 0 Å². The maximum absolute atomic E-state index is 13.5. The SMILES string of the molecule is CC(C)COc1ccc(CN(Cc2ccncc2)C(=O)c2ccc(-c3ccc(F)cc3)cc2)cc1. The van der Waals surface area contributed by atoms with E-state index >= 15 is 0 Å². The summed E-state index contributed by atoms with van der Waals surface area (Å²) in [6.45, 7) is 5.82. The molecule has 0 N–H and O–H groups in total. The van der Waals surface area contributed by atoms with Gasteiger partial charge >= 0.3 is 0 Å². The van der Waals surface area contributed by atoms with Crippen molar-refractivity contribution < 1.29 is 13.9 Å². The van der Waals surface area contributed by atoms with Gasteiger partial charge in [-0.3, -0.25) is 9.78 Å². The predicted molar refractivity (Wildman–Crippen MR) is 136 cm³/mol. The van der Waals surface area contributed by atoms with Gasteiger partial charge in [-0.2, -0.15) is 0 Å². The van der Waals surface area contributed by atoms with Crippen LogP contribution in [0.15, 0.2) is 97.3 Å². The first-order chi connectivity index (χ1) is 17.0. The molecule has 1 aromatic heterocycles. The minimum atomic E-state index is -0.271. The van der Waals surface area contributed by atoms with Crippen LogP contribution in [-0.2, 0) is 13.1 Å². The molecule has 0 atom stereocenters. The Hall–Kier alpha value is -3.99. The van der Waals surface area contributed by atoms with Crippen molar-refractivity contribution in [1.82, 2.24) is 9.88 Å². The highest BCUT2D eigenvalue weighted by molar-refractivity contribution is 5.94. The summed E-state index contributed by atoms with van der Waals surface area (Å²) in [5, 5.41) is 0. The van der Waals surface area contributed by atoms with Gasteiger partial charge in [0.25, 0.3) is 5.91 Å². The van der Waals surface area contributed by atoms with Crippen LogP contribution in [0.4, 0.5) is 4.39 Å². The molecule has 0 saturated heterocycles. The van der Waals surface area contributed by atoms with Crippen LogP contribution < -0.4 is 4.74 Å². The third-order valence-corrected chi connectivity index (χ3v) is 5.60. The Morgan fingerprint density at radius 1 is 0.800 bits per heavy atom. The fraction of sp³-hybridized carbons (Fsp3) is 0.200. The van der Waals surface area contributed by atoms with Gasteiger partial charge in [-0.05, 0) is 76.7 Å². The standard InChI is InChI=1S/C30H29FN2O2/c1-22(2)21-35-29-13-3-23(4-14-29)19-33(20-24-15-17-32-18-16-24)30(34)27-7-5-25(6-8-27)26-9-11-28(31)12-10-26/h3-18,22H,19-21H2,1-2H3. The Morgan fingerprint density at radius 3 is 1.91 bits per heavy atom. The molecule has 35 heavy (non-hydrogen) atoms. The van der Waals surface area contributed by atoms with Crippen LogP contribution in [0.3, 0.4) is 0 Å². The normalized spacial score (nSPS) is 10.9. The van der Waals surface area contributed by atoms with Gasteiger partial charge in [-0.1, -0.05) is 50.2 Å². The zero-order chi connectivity index (χ0) is 24.6. The maximum Gasteiger partial charge on any atom is 0.254 e. The summed E-state index contributed by atoms with van der Waals surface area (Å²) >= 11 is 0. The van der Waals surface area contributed by atoms with E-state index in [0.29, 0.717) is 31.2 Å². The van der Waals surface area contributed by atoms with Crippen molar-refractivity contribution in [2.75, 3.05) is 6.61 Å². The Labute approximate surface area is 206 Å². The highest BCUT2D eigenvalue weighted by Gasteiger charge is 2.17. The smallest absolute Gasteiger partial charge is 0.254 e. The lowest BCUT2D eigenvalue weighted by molar-refractivity contribution is 0.0730. The molecule has 1 amide bonds. The number of carbonyl (C=O) groups excluding carboxylic acids is 1. The molecule has 0 bridgehead atoms. The van der Waals surface area contributed by atoms with Gasteiger partial charge in [-0.25, -0.2) is 4.39 Å². The van der Waals surface area contributed by atoms with Gasteiger partial charge in [0.1, 0.15) is 11.6 Å². The molecule has 4 nitrogen and oxygen atoms in total. The van der Waals surface area contributed by atoms with Crippen LogP contribution in [0.25, 0.3) is 11.1 Å². The molecule has 0 spiro atoms. The van der Waals surface area contributed by atoms with Gasteiger partial charge in [0.15, 0.2) is 0 Å². The first-order valence-electron chi connectivity index (χ1n) is 11.7. The Morgan fingerprint density at radius 2 is 1.34 bits per heavy atom. The number of ether oxygens (including phenoxy) is 1. The molecule has 5 heteroatoms. The van der Waals surface area contributed by atoms with Crippen LogP contribution >= 0.6 is 0 Å². The number of hydrogen-bond donors (Lipinski definition) is 0. The number of aromatic nitrogens is 1. The van der Waals surface area contributed by atoms with Gasteiger partial charge < -0.3 is 9.64 Å². The summed E-state index contributed by atoms with van der Waals surface area (Å²) in [6.07, 6.45) is 3.46. The summed E-state index contributed by atoms with van der Waals surface area (Å²) in [5.41, 5.74) is 4.46. The number of nitrogens with zero attached hydrogens (tertiary/aromatic N) is 2. The third-order valence-electron chi connectivity index (χ3n) is 5.60. The second-order valence-corrected chi connectivity index (χ2v) is 8.95. The number of rotatable bonds is 9. The summed E-state index contributed by atoms with van der Waals surface area (Å²) in [7, 11) is 0. The summed E-state index contributed by atoms with van der Waals surface area (Å²) in [4.78, 5) is 19.4. The van der Waals surface area contributed by atoms with Crippen molar-refractivity contribution in [1.29, 1.82) is 0 Å². The zero-order valence-electron chi connectivity index (χ0n) is 20.0. The fourth-order valence-electron chi connectivity index (χ4n) is 3.71. The van der Waals surface area contributed by atoms with Crippen LogP contribution in [0.5, 0.6) is 5.75 Å². The van der Waals surface area contributed by atoms with Gasteiger partial charge in [0, 0.05) is 31.0 Å². The van der Waals surface area contributed by atoms with Crippen LogP contribution in [-0.4, -0.2) is 22.4 Å². The number of pyridine rings is 1.